The first-order valence-corrected chi connectivity index (χ1v) is 6.88. The van der Waals surface area contributed by atoms with Crippen molar-refractivity contribution in [2.45, 2.75) is 12.1 Å². The second-order valence-corrected chi connectivity index (χ2v) is 5.36. The summed E-state index contributed by atoms with van der Waals surface area (Å²) in [6.07, 6.45) is 11.3. The molecule has 1 fully saturated rings. The predicted octanol–water partition coefficient (Wildman–Crippen LogP) is 1.14. The summed E-state index contributed by atoms with van der Waals surface area (Å²) in [5.74, 6) is -0.433. The van der Waals surface area contributed by atoms with Crippen LogP contribution in [0.2, 0.25) is 0 Å². The Labute approximate surface area is 118 Å². The van der Waals surface area contributed by atoms with Crippen LogP contribution in [0.15, 0.2) is 49.6 Å². The van der Waals surface area contributed by atoms with Crippen molar-refractivity contribution in [2.24, 2.45) is 11.8 Å². The van der Waals surface area contributed by atoms with Crippen molar-refractivity contribution in [1.29, 1.82) is 0 Å². The highest BCUT2D eigenvalue weighted by molar-refractivity contribution is 5.91. The van der Waals surface area contributed by atoms with Gasteiger partial charge in [0, 0.05) is 13.1 Å². The Morgan fingerprint density at radius 3 is 1.60 bits per heavy atom. The van der Waals surface area contributed by atoms with Gasteiger partial charge in [-0.25, -0.2) is 0 Å². The third kappa shape index (κ3) is 1.68. The quantitative estimate of drug-likeness (QED) is 0.719. The van der Waals surface area contributed by atoms with Crippen molar-refractivity contribution in [1.82, 2.24) is 9.80 Å². The molecule has 1 saturated heterocycles. The lowest BCUT2D eigenvalue weighted by molar-refractivity contribution is -0.149. The van der Waals surface area contributed by atoms with Gasteiger partial charge in [0.2, 0.25) is 11.8 Å². The molecule has 6 aliphatic rings. The minimum absolute atomic E-state index is 0.0818. The number of hydrogen-bond donors (Lipinski definition) is 0. The van der Waals surface area contributed by atoms with Crippen LogP contribution >= 0.6 is 0 Å². The Morgan fingerprint density at radius 2 is 1.25 bits per heavy atom. The van der Waals surface area contributed by atoms with Crippen molar-refractivity contribution in [3.8, 4) is 0 Å². The standard InChI is InChI=1S/C16H18N2O2/c1-3-9-17-13-7-5-12(15(17)19)14-8-6-11(13)16(20)18(14)10-4-2/h3-8,11-14H,1-2,9-10H2. The van der Waals surface area contributed by atoms with Gasteiger partial charge in [-0.15, -0.1) is 13.2 Å². The number of rotatable bonds is 4. The molecule has 4 unspecified atom stereocenters. The van der Waals surface area contributed by atoms with Crippen LogP contribution in [0.5, 0.6) is 0 Å². The molecule has 0 radical (unpaired) electrons. The summed E-state index contributed by atoms with van der Waals surface area (Å²) in [7, 11) is 0. The fourth-order valence-corrected chi connectivity index (χ4v) is 3.36. The van der Waals surface area contributed by atoms with E-state index in [-0.39, 0.29) is 35.7 Å². The molecule has 20 heavy (non-hydrogen) atoms. The van der Waals surface area contributed by atoms with E-state index in [0.29, 0.717) is 13.1 Å². The molecule has 6 rings (SSSR count). The Balaban J connectivity index is 2.06. The third-order valence-electron chi connectivity index (χ3n) is 4.27. The van der Waals surface area contributed by atoms with Gasteiger partial charge in [-0.3, -0.25) is 9.59 Å². The molecule has 0 aromatic rings. The maximum absolute atomic E-state index is 12.6. The summed E-state index contributed by atoms with van der Waals surface area (Å²) >= 11 is 0. The predicted molar refractivity (Wildman–Crippen MR) is 76.7 cm³/mol. The average Bonchev–Trinajstić information content (AvgIpc) is 2.41. The minimum Gasteiger partial charge on any atom is -0.331 e. The van der Waals surface area contributed by atoms with Crippen LogP contribution in [0.4, 0.5) is 0 Å². The number of carbonyl (C=O) groups is 2. The highest BCUT2D eigenvalue weighted by Crippen LogP contribution is 2.36. The molecule has 0 saturated carbocycles. The van der Waals surface area contributed by atoms with Crippen LogP contribution < -0.4 is 0 Å². The molecule has 0 spiro atoms. The number of carbonyl (C=O) groups excluding carboxylic acids is 2. The summed E-state index contributed by atoms with van der Waals surface area (Å²) in [6.45, 7) is 8.38. The smallest absolute Gasteiger partial charge is 0.232 e. The van der Waals surface area contributed by atoms with Crippen LogP contribution in [0, 0.1) is 11.8 Å². The lowest BCUT2D eigenvalue weighted by atomic mass is 9.78. The summed E-state index contributed by atoms with van der Waals surface area (Å²) in [5, 5.41) is 0. The molecule has 1 aliphatic carbocycles. The van der Waals surface area contributed by atoms with Crippen LogP contribution in [0.3, 0.4) is 0 Å². The van der Waals surface area contributed by atoms with E-state index in [9.17, 15) is 9.59 Å². The number of amides is 2. The Kier molecular flexibility index (Phi) is 3.08. The van der Waals surface area contributed by atoms with Crippen molar-refractivity contribution in [2.75, 3.05) is 13.1 Å². The van der Waals surface area contributed by atoms with Crippen molar-refractivity contribution in [3.63, 3.8) is 0 Å². The number of nitrogens with zero attached hydrogens (tertiary/aromatic N) is 2. The van der Waals surface area contributed by atoms with Gasteiger partial charge in [-0.2, -0.15) is 0 Å². The zero-order chi connectivity index (χ0) is 14.3. The fraction of sp³-hybridized carbons (Fsp3) is 0.375. The fourth-order valence-electron chi connectivity index (χ4n) is 3.36. The van der Waals surface area contributed by atoms with Gasteiger partial charge in [0.05, 0.1) is 23.9 Å². The summed E-state index contributed by atoms with van der Waals surface area (Å²) in [4.78, 5) is 28.8. The van der Waals surface area contributed by atoms with Crippen molar-refractivity contribution in [3.05, 3.63) is 49.6 Å². The van der Waals surface area contributed by atoms with Gasteiger partial charge in [-0.1, -0.05) is 36.5 Å². The molecule has 5 aliphatic heterocycles. The Morgan fingerprint density at radius 1 is 0.850 bits per heavy atom. The average molecular weight is 270 g/mol. The van der Waals surface area contributed by atoms with E-state index < -0.39 is 0 Å². The lowest BCUT2D eigenvalue weighted by Crippen LogP contribution is -2.62. The van der Waals surface area contributed by atoms with Gasteiger partial charge >= 0.3 is 0 Å². The van der Waals surface area contributed by atoms with Crippen LogP contribution in [0.25, 0.3) is 0 Å². The van der Waals surface area contributed by atoms with Crippen molar-refractivity contribution >= 4 is 11.8 Å². The summed E-state index contributed by atoms with van der Waals surface area (Å²) < 4.78 is 0. The van der Waals surface area contributed by atoms with E-state index in [1.807, 2.05) is 24.3 Å². The van der Waals surface area contributed by atoms with Crippen LogP contribution in [-0.2, 0) is 9.59 Å². The molecule has 0 aromatic carbocycles. The third-order valence-corrected chi connectivity index (χ3v) is 4.27. The molecule has 4 nitrogen and oxygen atoms in total. The largest absolute Gasteiger partial charge is 0.331 e. The van der Waals surface area contributed by atoms with E-state index in [0.717, 1.165) is 0 Å². The number of hydrogen-bond acceptors (Lipinski definition) is 2. The lowest BCUT2D eigenvalue weighted by Gasteiger charge is -2.49. The van der Waals surface area contributed by atoms with E-state index >= 15 is 0 Å². The molecule has 2 amide bonds. The normalized spacial score (nSPS) is 34.4. The molecule has 104 valence electrons. The summed E-state index contributed by atoms with van der Waals surface area (Å²) in [6, 6.07) is -0.400. The highest BCUT2D eigenvalue weighted by Gasteiger charge is 2.48. The molecule has 4 bridgehead atoms. The van der Waals surface area contributed by atoms with Gasteiger partial charge in [0.15, 0.2) is 0 Å². The topological polar surface area (TPSA) is 40.6 Å². The molecule has 4 atom stereocenters. The molecule has 0 N–H and O–H groups in total. The minimum atomic E-state index is -0.299. The molecular weight excluding hydrogens is 252 g/mol. The van der Waals surface area contributed by atoms with E-state index in [4.69, 9.17) is 0 Å². The first kappa shape index (κ1) is 12.9. The molecule has 0 aromatic heterocycles. The second kappa shape index (κ2) is 4.78. The highest BCUT2D eigenvalue weighted by atomic mass is 16.2. The van der Waals surface area contributed by atoms with E-state index in [2.05, 4.69) is 13.2 Å². The SMILES string of the molecule is C=CCN1C(=O)C2C=CC1C1C=CC2N(CC=C)C1=O. The van der Waals surface area contributed by atoms with Gasteiger partial charge < -0.3 is 9.80 Å². The Bertz CT molecular complexity index is 487. The van der Waals surface area contributed by atoms with Crippen LogP contribution in [-0.4, -0.2) is 46.8 Å². The maximum atomic E-state index is 12.6. The zero-order valence-electron chi connectivity index (χ0n) is 11.3. The summed E-state index contributed by atoms with van der Waals surface area (Å²) in [5.41, 5.74) is 0. The first-order chi connectivity index (χ1) is 9.69. The molecule has 4 heteroatoms. The van der Waals surface area contributed by atoms with Gasteiger partial charge in [0.1, 0.15) is 0 Å². The van der Waals surface area contributed by atoms with E-state index in [1.54, 1.807) is 22.0 Å². The zero-order valence-corrected chi connectivity index (χ0v) is 11.3. The Hall–Kier alpha value is -2.10. The monoisotopic (exact) mass is 270 g/mol. The maximum Gasteiger partial charge on any atom is 0.232 e. The first-order valence-electron chi connectivity index (χ1n) is 6.88. The van der Waals surface area contributed by atoms with Gasteiger partial charge in [0.25, 0.3) is 0 Å². The van der Waals surface area contributed by atoms with Gasteiger partial charge in [-0.05, 0) is 0 Å². The molecular formula is C16H18N2O2. The second-order valence-electron chi connectivity index (χ2n) is 5.36. The van der Waals surface area contributed by atoms with Crippen LogP contribution in [0.1, 0.15) is 0 Å². The molecule has 5 heterocycles. The van der Waals surface area contributed by atoms with E-state index in [1.165, 1.54) is 0 Å². The van der Waals surface area contributed by atoms with Crippen molar-refractivity contribution < 1.29 is 9.59 Å².